The van der Waals surface area contributed by atoms with Gasteiger partial charge in [-0.3, -0.25) is 0 Å². The lowest BCUT2D eigenvalue weighted by molar-refractivity contribution is 0.156. The molecule has 1 aliphatic heterocycles. The minimum absolute atomic E-state index is 0.0190. The molecule has 0 spiro atoms. The summed E-state index contributed by atoms with van der Waals surface area (Å²) in [6.45, 7) is 2.52. The van der Waals surface area contributed by atoms with Crippen molar-refractivity contribution in [3.05, 3.63) is 29.3 Å². The van der Waals surface area contributed by atoms with Gasteiger partial charge in [-0.25, -0.2) is 4.79 Å². The third-order valence-electron chi connectivity index (χ3n) is 3.98. The molecule has 1 atom stereocenters. The van der Waals surface area contributed by atoms with Gasteiger partial charge in [0.25, 0.3) is 0 Å². The number of aryl methyl sites for hydroxylation is 1. The number of carbonyl (C=O) groups is 1. The monoisotopic (exact) mass is 276 g/mol. The van der Waals surface area contributed by atoms with Gasteiger partial charge in [0.05, 0.1) is 12.6 Å². The Morgan fingerprint density at radius 2 is 2.35 bits per heavy atom. The van der Waals surface area contributed by atoms with Crippen molar-refractivity contribution in [3.8, 4) is 5.75 Å². The molecule has 1 heterocycles. The molecule has 1 aromatic carbocycles. The molecule has 1 fully saturated rings. The largest absolute Gasteiger partial charge is 0.492 e. The number of hydrogen-bond donors (Lipinski definition) is 2. The average molecular weight is 276 g/mol. The first-order chi connectivity index (χ1) is 9.74. The Bertz CT molecular complexity index is 504. The summed E-state index contributed by atoms with van der Waals surface area (Å²) in [5, 5.41) is 12.8. The van der Waals surface area contributed by atoms with E-state index < -0.39 is 0 Å². The summed E-state index contributed by atoms with van der Waals surface area (Å²) < 4.78 is 5.70. The highest BCUT2D eigenvalue weighted by Gasteiger charge is 2.20. The normalized spacial score (nSPS) is 21.6. The molecule has 1 aliphatic carbocycles. The van der Waals surface area contributed by atoms with Crippen molar-refractivity contribution in [1.82, 2.24) is 10.2 Å². The second-order valence-corrected chi connectivity index (χ2v) is 5.34. The number of nitrogens with zero attached hydrogens (tertiary/aromatic N) is 1. The number of ether oxygens (including phenoxy) is 1. The molecule has 20 heavy (non-hydrogen) atoms. The predicted molar refractivity (Wildman–Crippen MR) is 74.8 cm³/mol. The van der Waals surface area contributed by atoms with E-state index in [0.29, 0.717) is 19.7 Å². The van der Waals surface area contributed by atoms with Crippen molar-refractivity contribution in [1.29, 1.82) is 0 Å². The van der Waals surface area contributed by atoms with E-state index in [2.05, 4.69) is 5.32 Å². The van der Waals surface area contributed by atoms with E-state index >= 15 is 0 Å². The number of amides is 2. The van der Waals surface area contributed by atoms with E-state index in [1.54, 1.807) is 4.90 Å². The van der Waals surface area contributed by atoms with Gasteiger partial charge in [0.1, 0.15) is 12.4 Å². The second kappa shape index (κ2) is 5.71. The third-order valence-corrected chi connectivity index (χ3v) is 3.98. The maximum Gasteiger partial charge on any atom is 0.317 e. The van der Waals surface area contributed by atoms with Crippen LogP contribution in [0.5, 0.6) is 5.75 Å². The Balaban J connectivity index is 1.58. The molecule has 0 unspecified atom stereocenters. The fourth-order valence-electron chi connectivity index (χ4n) is 2.84. The molecule has 5 heteroatoms. The Morgan fingerprint density at radius 3 is 3.15 bits per heavy atom. The molecule has 0 bridgehead atoms. The van der Waals surface area contributed by atoms with E-state index in [4.69, 9.17) is 4.74 Å². The standard InChI is InChI=1S/C15H20N2O3/c18-14-3-1-2-11-4-5-12(10-13(11)14)20-9-8-17-7-6-16-15(17)19/h4-5,10,14,18H,1-3,6-9H2,(H,16,19)/t14-/m1/s1. The van der Waals surface area contributed by atoms with Gasteiger partial charge in [0, 0.05) is 13.1 Å². The summed E-state index contributed by atoms with van der Waals surface area (Å²) in [6, 6.07) is 5.90. The van der Waals surface area contributed by atoms with E-state index in [1.807, 2.05) is 18.2 Å². The van der Waals surface area contributed by atoms with Crippen LogP contribution in [0, 0.1) is 0 Å². The van der Waals surface area contributed by atoms with Crippen LogP contribution < -0.4 is 10.1 Å². The van der Waals surface area contributed by atoms with Crippen molar-refractivity contribution in [2.24, 2.45) is 0 Å². The summed E-state index contributed by atoms with van der Waals surface area (Å²) in [5.74, 6) is 0.768. The van der Waals surface area contributed by atoms with Crippen LogP contribution in [0.25, 0.3) is 0 Å². The highest BCUT2D eigenvalue weighted by atomic mass is 16.5. The fourth-order valence-corrected chi connectivity index (χ4v) is 2.84. The number of aliphatic hydroxyl groups excluding tert-OH is 1. The maximum absolute atomic E-state index is 11.4. The highest BCUT2D eigenvalue weighted by Crippen LogP contribution is 2.32. The zero-order valence-electron chi connectivity index (χ0n) is 11.5. The summed E-state index contributed by atoms with van der Waals surface area (Å²) in [6.07, 6.45) is 2.52. The van der Waals surface area contributed by atoms with Crippen molar-refractivity contribution in [3.63, 3.8) is 0 Å². The molecule has 2 N–H and O–H groups in total. The van der Waals surface area contributed by atoms with Crippen LogP contribution in [0.3, 0.4) is 0 Å². The number of aliphatic hydroxyl groups is 1. The van der Waals surface area contributed by atoms with Gasteiger partial charge in [-0.15, -0.1) is 0 Å². The van der Waals surface area contributed by atoms with Gasteiger partial charge in [-0.1, -0.05) is 6.07 Å². The molecule has 0 radical (unpaired) electrons. The van der Waals surface area contributed by atoms with Gasteiger partial charge in [-0.2, -0.15) is 0 Å². The Morgan fingerprint density at radius 1 is 1.45 bits per heavy atom. The fraction of sp³-hybridized carbons (Fsp3) is 0.533. The smallest absolute Gasteiger partial charge is 0.317 e. The van der Waals surface area contributed by atoms with Crippen molar-refractivity contribution >= 4 is 6.03 Å². The van der Waals surface area contributed by atoms with Gasteiger partial charge in [0.2, 0.25) is 0 Å². The summed E-state index contributed by atoms with van der Waals surface area (Å²) in [7, 11) is 0. The molecule has 0 aromatic heterocycles. The molecule has 2 amide bonds. The van der Waals surface area contributed by atoms with Crippen molar-refractivity contribution in [2.45, 2.75) is 25.4 Å². The van der Waals surface area contributed by atoms with Crippen LogP contribution in [0.15, 0.2) is 18.2 Å². The molecule has 2 aliphatic rings. The number of nitrogens with one attached hydrogen (secondary N) is 1. The number of urea groups is 1. The van der Waals surface area contributed by atoms with E-state index in [-0.39, 0.29) is 12.1 Å². The predicted octanol–water partition coefficient (Wildman–Crippen LogP) is 1.46. The van der Waals surface area contributed by atoms with Gasteiger partial charge in [0.15, 0.2) is 0 Å². The number of fused-ring (bicyclic) bond motifs is 1. The zero-order valence-corrected chi connectivity index (χ0v) is 11.5. The lowest BCUT2D eigenvalue weighted by atomic mass is 9.89. The maximum atomic E-state index is 11.4. The topological polar surface area (TPSA) is 61.8 Å². The average Bonchev–Trinajstić information content (AvgIpc) is 2.85. The molecule has 3 rings (SSSR count). The first-order valence-corrected chi connectivity index (χ1v) is 7.20. The van der Waals surface area contributed by atoms with Crippen LogP contribution in [0.2, 0.25) is 0 Å². The van der Waals surface area contributed by atoms with E-state index in [1.165, 1.54) is 5.56 Å². The van der Waals surface area contributed by atoms with Gasteiger partial charge >= 0.3 is 6.03 Å². The minimum atomic E-state index is -0.369. The summed E-state index contributed by atoms with van der Waals surface area (Å²) in [4.78, 5) is 13.1. The Hall–Kier alpha value is -1.75. The Kier molecular flexibility index (Phi) is 3.78. The van der Waals surface area contributed by atoms with Gasteiger partial charge in [-0.05, 0) is 42.5 Å². The molecule has 0 saturated carbocycles. The first-order valence-electron chi connectivity index (χ1n) is 7.20. The van der Waals surface area contributed by atoms with E-state index in [9.17, 15) is 9.90 Å². The van der Waals surface area contributed by atoms with Crippen LogP contribution in [0.1, 0.15) is 30.1 Å². The lowest BCUT2D eigenvalue weighted by Crippen LogP contribution is -2.31. The second-order valence-electron chi connectivity index (χ2n) is 5.34. The van der Waals surface area contributed by atoms with Crippen molar-refractivity contribution < 1.29 is 14.6 Å². The van der Waals surface area contributed by atoms with Crippen LogP contribution >= 0.6 is 0 Å². The number of rotatable bonds is 4. The Labute approximate surface area is 118 Å². The molecule has 5 nitrogen and oxygen atoms in total. The van der Waals surface area contributed by atoms with Gasteiger partial charge < -0.3 is 20.1 Å². The molecule has 108 valence electrons. The number of benzene rings is 1. The molecule has 1 aromatic rings. The minimum Gasteiger partial charge on any atom is -0.492 e. The number of carbonyl (C=O) groups excluding carboxylic acids is 1. The molecule has 1 saturated heterocycles. The summed E-state index contributed by atoms with van der Waals surface area (Å²) in [5.41, 5.74) is 2.21. The highest BCUT2D eigenvalue weighted by molar-refractivity contribution is 5.76. The van der Waals surface area contributed by atoms with Crippen molar-refractivity contribution in [2.75, 3.05) is 26.2 Å². The zero-order chi connectivity index (χ0) is 13.9. The first kappa shape index (κ1) is 13.2. The number of hydrogen-bond acceptors (Lipinski definition) is 3. The molecular weight excluding hydrogens is 256 g/mol. The van der Waals surface area contributed by atoms with Crippen LogP contribution in [0.4, 0.5) is 4.79 Å². The summed E-state index contributed by atoms with van der Waals surface area (Å²) >= 11 is 0. The molecular formula is C15H20N2O3. The van der Waals surface area contributed by atoms with Crippen LogP contribution in [-0.2, 0) is 6.42 Å². The quantitative estimate of drug-likeness (QED) is 0.875. The SMILES string of the molecule is O=C1NCCN1CCOc1ccc2c(c1)[C@H](O)CCC2. The van der Waals surface area contributed by atoms with E-state index in [0.717, 1.165) is 37.1 Å². The third kappa shape index (κ3) is 2.72. The lowest BCUT2D eigenvalue weighted by Gasteiger charge is -2.22. The van der Waals surface area contributed by atoms with Crippen LogP contribution in [-0.4, -0.2) is 42.3 Å².